The van der Waals surface area contributed by atoms with Gasteiger partial charge in [0.2, 0.25) is 0 Å². The number of nitrogens with zero attached hydrogens (tertiary/aromatic N) is 1. The predicted molar refractivity (Wildman–Crippen MR) is 97.9 cm³/mol. The second-order valence-electron chi connectivity index (χ2n) is 5.63. The van der Waals surface area contributed by atoms with Crippen LogP contribution in [0.25, 0.3) is 0 Å². The van der Waals surface area contributed by atoms with Gasteiger partial charge in [-0.2, -0.15) is 25.9 Å². The molecule has 28 heavy (non-hydrogen) atoms. The Balaban J connectivity index is 1.92. The Labute approximate surface area is 160 Å². The Kier molecular flexibility index (Phi) is 5.68. The molecular weight excluding hydrogens is 393 g/mol. The van der Waals surface area contributed by atoms with E-state index in [1.165, 1.54) is 11.1 Å². The topological polar surface area (TPSA) is 58.6 Å². The van der Waals surface area contributed by atoms with Gasteiger partial charge in [0, 0.05) is 0 Å². The molecule has 5 nitrogen and oxygen atoms in total. The van der Waals surface area contributed by atoms with Crippen molar-refractivity contribution in [1.29, 1.82) is 0 Å². The molecule has 9 heteroatoms. The molecule has 0 amide bonds. The summed E-state index contributed by atoms with van der Waals surface area (Å²) < 4.78 is 69.2. The van der Waals surface area contributed by atoms with Gasteiger partial charge in [-0.05, 0) is 36.4 Å². The Morgan fingerprint density at radius 1 is 0.750 bits per heavy atom. The van der Waals surface area contributed by atoms with Crippen molar-refractivity contribution in [3.8, 4) is 0 Å². The number of anilines is 2. The van der Waals surface area contributed by atoms with Gasteiger partial charge < -0.3 is 0 Å². The first-order chi connectivity index (χ1) is 13.3. The van der Waals surface area contributed by atoms with Crippen molar-refractivity contribution in [2.24, 2.45) is 0 Å². The molecule has 0 unspecified atom stereocenters. The van der Waals surface area contributed by atoms with Crippen LogP contribution in [0, 0.1) is 0 Å². The summed E-state index contributed by atoms with van der Waals surface area (Å²) in [5.74, 6) is 0. The van der Waals surface area contributed by atoms with E-state index in [-0.39, 0.29) is 0 Å². The average molecular weight is 408 g/mol. The fourth-order valence-electron chi connectivity index (χ4n) is 2.46. The monoisotopic (exact) mass is 408 g/mol. The van der Waals surface area contributed by atoms with Crippen molar-refractivity contribution in [1.82, 2.24) is 5.59 Å². The zero-order valence-electron chi connectivity index (χ0n) is 14.3. The molecule has 0 radical (unpaired) electrons. The summed E-state index contributed by atoms with van der Waals surface area (Å²) in [6.07, 6.45) is -4.84. The van der Waals surface area contributed by atoms with Gasteiger partial charge in [0.15, 0.2) is 0 Å². The van der Waals surface area contributed by atoms with Crippen molar-refractivity contribution in [3.63, 3.8) is 0 Å². The molecule has 0 aromatic heterocycles. The van der Waals surface area contributed by atoms with E-state index in [0.717, 1.165) is 12.1 Å². The highest BCUT2D eigenvalue weighted by Crippen LogP contribution is 2.34. The SMILES string of the molecule is O=S(=O)(ONN(c1ccccc1)c1ccccc1)c1ccccc1C(F)(F)F. The van der Waals surface area contributed by atoms with Gasteiger partial charge in [-0.3, -0.25) is 5.01 Å². The van der Waals surface area contributed by atoms with Crippen LogP contribution in [0.4, 0.5) is 24.5 Å². The van der Waals surface area contributed by atoms with Crippen LogP contribution in [0.1, 0.15) is 5.56 Å². The third-order valence-corrected chi connectivity index (χ3v) is 4.92. The number of rotatable bonds is 6. The largest absolute Gasteiger partial charge is 0.417 e. The Morgan fingerprint density at radius 3 is 1.71 bits per heavy atom. The molecule has 0 saturated carbocycles. The molecule has 0 saturated heterocycles. The van der Waals surface area contributed by atoms with Crippen LogP contribution in [0.3, 0.4) is 0 Å². The van der Waals surface area contributed by atoms with Crippen LogP contribution in [0.5, 0.6) is 0 Å². The zero-order valence-corrected chi connectivity index (χ0v) is 15.1. The van der Waals surface area contributed by atoms with Gasteiger partial charge in [0.1, 0.15) is 4.90 Å². The third-order valence-electron chi connectivity index (χ3n) is 3.73. The lowest BCUT2D eigenvalue weighted by molar-refractivity contribution is -0.140. The number of hydrazine groups is 1. The van der Waals surface area contributed by atoms with E-state index in [0.29, 0.717) is 17.4 Å². The molecule has 1 N–H and O–H groups in total. The minimum absolute atomic E-state index is 0.521. The number of benzene rings is 3. The van der Waals surface area contributed by atoms with E-state index < -0.39 is 26.8 Å². The zero-order chi connectivity index (χ0) is 20.2. The van der Waals surface area contributed by atoms with E-state index in [1.807, 2.05) is 0 Å². The number of hydrogen-bond acceptors (Lipinski definition) is 5. The van der Waals surface area contributed by atoms with Crippen LogP contribution < -0.4 is 10.6 Å². The van der Waals surface area contributed by atoms with Crippen LogP contribution in [-0.2, 0) is 20.6 Å². The van der Waals surface area contributed by atoms with Crippen LogP contribution in [0.2, 0.25) is 0 Å². The van der Waals surface area contributed by atoms with Gasteiger partial charge >= 0.3 is 16.3 Å². The maximum absolute atomic E-state index is 13.2. The molecule has 0 aliphatic heterocycles. The smallest absolute Gasteiger partial charge is 0.253 e. The van der Waals surface area contributed by atoms with Crippen molar-refractivity contribution in [3.05, 3.63) is 90.5 Å². The number of halogens is 3. The van der Waals surface area contributed by atoms with Crippen molar-refractivity contribution < 1.29 is 25.9 Å². The lowest BCUT2D eigenvalue weighted by atomic mass is 10.2. The van der Waals surface area contributed by atoms with Gasteiger partial charge in [0.25, 0.3) is 0 Å². The molecule has 0 fully saturated rings. The Morgan fingerprint density at radius 2 is 1.21 bits per heavy atom. The molecule has 0 atom stereocenters. The lowest BCUT2D eigenvalue weighted by Gasteiger charge is -2.24. The minimum Gasteiger partial charge on any atom is -0.253 e. The lowest BCUT2D eigenvalue weighted by Crippen LogP contribution is -2.36. The van der Waals surface area contributed by atoms with E-state index in [1.54, 1.807) is 60.7 Å². The number of alkyl halides is 3. The molecule has 3 aromatic rings. The molecule has 0 aliphatic rings. The molecule has 0 heterocycles. The highest BCUT2D eigenvalue weighted by Gasteiger charge is 2.37. The highest BCUT2D eigenvalue weighted by molar-refractivity contribution is 7.86. The summed E-state index contributed by atoms with van der Waals surface area (Å²) in [7, 11) is -4.76. The van der Waals surface area contributed by atoms with Crippen LogP contribution in [0.15, 0.2) is 89.8 Å². The molecule has 0 bridgehead atoms. The minimum atomic E-state index is -4.84. The summed E-state index contributed by atoms with van der Waals surface area (Å²) >= 11 is 0. The summed E-state index contributed by atoms with van der Waals surface area (Å²) in [5.41, 5.74) is 1.99. The summed E-state index contributed by atoms with van der Waals surface area (Å²) in [6.45, 7) is 0. The summed E-state index contributed by atoms with van der Waals surface area (Å²) in [5, 5.41) is 1.30. The Hall–Kier alpha value is -2.88. The first kappa shape index (κ1) is 19.9. The second kappa shape index (κ2) is 8.01. The van der Waals surface area contributed by atoms with Gasteiger partial charge in [0.05, 0.1) is 16.9 Å². The summed E-state index contributed by atoms with van der Waals surface area (Å²) in [6, 6.07) is 21.0. The van der Waals surface area contributed by atoms with Crippen LogP contribution >= 0.6 is 0 Å². The maximum Gasteiger partial charge on any atom is 0.417 e. The fraction of sp³-hybridized carbons (Fsp3) is 0.0526. The van der Waals surface area contributed by atoms with Gasteiger partial charge in [-0.1, -0.05) is 54.1 Å². The number of nitrogens with one attached hydrogen (secondary N) is 1. The molecule has 146 valence electrons. The van der Waals surface area contributed by atoms with E-state index in [2.05, 4.69) is 5.59 Å². The van der Waals surface area contributed by atoms with Gasteiger partial charge in [-0.25, -0.2) is 0 Å². The van der Waals surface area contributed by atoms with Crippen molar-refractivity contribution in [2.45, 2.75) is 11.1 Å². The number of hydrogen-bond donors (Lipinski definition) is 1. The van der Waals surface area contributed by atoms with Gasteiger partial charge in [-0.15, -0.1) is 0 Å². The first-order valence-electron chi connectivity index (χ1n) is 8.04. The predicted octanol–water partition coefficient (Wildman–Crippen LogP) is 4.67. The Bertz CT molecular complexity index is 988. The first-order valence-corrected chi connectivity index (χ1v) is 9.45. The van der Waals surface area contributed by atoms with E-state index >= 15 is 0 Å². The average Bonchev–Trinajstić information content (AvgIpc) is 2.69. The molecular formula is C19H15F3N2O3S. The summed E-state index contributed by atoms with van der Waals surface area (Å²) in [4.78, 5) is -0.976. The van der Waals surface area contributed by atoms with Crippen LogP contribution in [-0.4, -0.2) is 8.42 Å². The second-order valence-corrected chi connectivity index (χ2v) is 7.14. The molecule has 0 spiro atoms. The van der Waals surface area contributed by atoms with E-state index in [9.17, 15) is 21.6 Å². The third kappa shape index (κ3) is 4.50. The standard InChI is InChI=1S/C19H15F3N2O3S/c20-19(21,22)17-13-7-8-14-18(17)28(25,26)27-23-24(15-9-3-1-4-10-15)16-11-5-2-6-12-16/h1-14,23H. The van der Waals surface area contributed by atoms with Crippen molar-refractivity contribution in [2.75, 3.05) is 5.01 Å². The molecule has 3 aromatic carbocycles. The molecule has 3 rings (SSSR count). The van der Waals surface area contributed by atoms with Crippen molar-refractivity contribution >= 4 is 21.5 Å². The fourth-order valence-corrected chi connectivity index (χ4v) is 3.42. The number of para-hydroxylation sites is 2. The maximum atomic E-state index is 13.2. The molecule has 0 aliphatic carbocycles. The van der Waals surface area contributed by atoms with E-state index in [4.69, 9.17) is 4.28 Å². The highest BCUT2D eigenvalue weighted by atomic mass is 32.2. The quantitative estimate of drug-likeness (QED) is 0.601. The normalized spacial score (nSPS) is 12.0.